The zero-order chi connectivity index (χ0) is 87.4. The van der Waals surface area contributed by atoms with Crippen LogP contribution in [0.2, 0.25) is 0 Å². The van der Waals surface area contributed by atoms with Gasteiger partial charge in [-0.15, -0.1) is 0 Å². The molecule has 0 radical (unpaired) electrons. The first kappa shape index (κ1) is 108. The van der Waals surface area contributed by atoms with Gasteiger partial charge in [0.15, 0.2) is 0 Å². The van der Waals surface area contributed by atoms with E-state index in [1.807, 2.05) is 159 Å². The Kier molecular flexibility index (Phi) is 54.5. The standard InChI is InChI=1S/C81H153N11O25/c1-76(2,3)112-70(97)61-86-24-22-85(23-25-87(62-71(98)113-77(4,5)6)27-29-88(28-26-86)63-72(99)114-78(7,8)9)60-67(93)83-21-43-105-49-55-111-58-52-108-46-40-84(38-44-106-50-56-109-53-47-103-41-19-69(95)96)39-45-107-51-57-110-54-48-104-42-20-82-59-68(94)92-36-34-90(65-74(101)116-80(13,14)15)32-30-89(64-73(100)115-79(10,11)12)31-33-91(35-37-92)66-75(102)117-81(16,17)18/h82H,19-66H2,1-18H3,(H,83,93)(H,95,96). The first-order chi connectivity index (χ1) is 54.9. The van der Waals surface area contributed by atoms with Gasteiger partial charge in [-0.05, 0) is 125 Å². The van der Waals surface area contributed by atoms with Crippen LogP contribution in [0.15, 0.2) is 0 Å². The zero-order valence-corrected chi connectivity index (χ0v) is 74.7. The van der Waals surface area contributed by atoms with Crippen LogP contribution in [0.1, 0.15) is 131 Å². The molecule has 0 spiro atoms. The summed E-state index contributed by atoms with van der Waals surface area (Å²) in [5.41, 5.74) is -4.12. The number of carboxylic acids is 1. The maximum absolute atomic E-state index is 13.9. The summed E-state index contributed by atoms with van der Waals surface area (Å²) in [7, 11) is 0. The molecule has 0 aliphatic carbocycles. The lowest BCUT2D eigenvalue weighted by Gasteiger charge is -2.34. The predicted octanol–water partition coefficient (Wildman–Crippen LogP) is 1.64. The van der Waals surface area contributed by atoms with Crippen LogP contribution in [-0.4, -0.2) is 445 Å². The molecule has 2 aliphatic heterocycles. The molecular formula is C81H153N11O25. The van der Waals surface area contributed by atoms with Gasteiger partial charge in [-0.1, -0.05) is 0 Å². The highest BCUT2D eigenvalue weighted by molar-refractivity contribution is 5.79. The number of nitrogens with one attached hydrogen (secondary N) is 2. The largest absolute Gasteiger partial charge is 0.481 e. The normalized spacial score (nSPS) is 16.3. The Morgan fingerprint density at radius 2 is 0.496 bits per heavy atom. The lowest BCUT2D eigenvalue weighted by Crippen LogP contribution is -2.51. The van der Waals surface area contributed by atoms with Gasteiger partial charge in [0.2, 0.25) is 11.8 Å². The Morgan fingerprint density at radius 3 is 0.744 bits per heavy atom. The van der Waals surface area contributed by atoms with E-state index in [9.17, 15) is 43.2 Å². The molecule has 2 heterocycles. The van der Waals surface area contributed by atoms with Crippen LogP contribution in [0, 0.1) is 0 Å². The van der Waals surface area contributed by atoms with Crippen LogP contribution in [-0.2, 0) is 114 Å². The minimum absolute atomic E-state index is 0.0127. The average molecular weight is 1680 g/mol. The molecule has 0 unspecified atom stereocenters. The minimum Gasteiger partial charge on any atom is -0.481 e. The second-order valence-corrected chi connectivity index (χ2v) is 34.9. The molecule has 682 valence electrons. The molecule has 117 heavy (non-hydrogen) atoms. The third kappa shape index (κ3) is 65.0. The van der Waals surface area contributed by atoms with E-state index in [2.05, 4.69) is 15.5 Å². The van der Waals surface area contributed by atoms with Gasteiger partial charge in [0.05, 0.1) is 178 Å². The molecule has 2 fully saturated rings. The van der Waals surface area contributed by atoms with Crippen molar-refractivity contribution in [3.8, 4) is 0 Å². The highest BCUT2D eigenvalue weighted by Crippen LogP contribution is 2.16. The molecule has 0 saturated carbocycles. The van der Waals surface area contributed by atoms with Gasteiger partial charge in [0.1, 0.15) is 33.6 Å². The molecule has 2 saturated heterocycles. The molecule has 36 heteroatoms. The van der Waals surface area contributed by atoms with Crippen molar-refractivity contribution < 1.29 is 119 Å². The molecule has 0 aromatic carbocycles. The molecular weight excluding hydrogens is 1530 g/mol. The monoisotopic (exact) mass is 1680 g/mol. The number of hydrogen-bond donors (Lipinski definition) is 3. The Bertz CT molecular complexity index is 2680. The van der Waals surface area contributed by atoms with Crippen LogP contribution in [0.25, 0.3) is 0 Å². The first-order valence-electron chi connectivity index (χ1n) is 41.6. The smallest absolute Gasteiger partial charge is 0.320 e. The number of carboxylic acid groups (broad SMARTS) is 1. The number of carbonyl (C=O) groups is 9. The van der Waals surface area contributed by atoms with E-state index in [0.29, 0.717) is 230 Å². The molecule has 0 aromatic heterocycles. The van der Waals surface area contributed by atoms with E-state index in [1.165, 1.54) is 0 Å². The summed E-state index contributed by atoms with van der Waals surface area (Å²) in [5, 5.41) is 15.0. The van der Waals surface area contributed by atoms with Crippen molar-refractivity contribution in [2.75, 3.05) is 309 Å². The van der Waals surface area contributed by atoms with Crippen LogP contribution >= 0.6 is 0 Å². The number of carbonyl (C=O) groups excluding carboxylic acids is 8. The SMILES string of the molecule is CC(C)(C)OC(=O)CN1CCN(CC(=O)NCCOCCOCCOCCN(CCOCCOCCOCCNCC(=O)N2CCN(CC(=O)OC(C)(C)C)CCN(CC(=O)OC(C)(C)C)CCN(CC(=O)OC(C)(C)C)CC2)CCOCCOCCOCCC(=O)O)CCN(CC(=O)OC(C)(C)C)CCN(CC(=O)OC(C)(C)C)CC1. The Balaban J connectivity index is 1.88. The Hall–Kier alpha value is -5.49. The van der Waals surface area contributed by atoms with Crippen LogP contribution in [0.3, 0.4) is 0 Å². The van der Waals surface area contributed by atoms with E-state index in [1.54, 1.807) is 4.90 Å². The number of aliphatic carboxylic acids is 1. The van der Waals surface area contributed by atoms with Gasteiger partial charge in [0.25, 0.3) is 0 Å². The summed E-state index contributed by atoms with van der Waals surface area (Å²) in [5.74, 6) is -3.62. The minimum atomic E-state index is -0.921. The van der Waals surface area contributed by atoms with Crippen molar-refractivity contribution in [3.05, 3.63) is 0 Å². The quantitative estimate of drug-likeness (QED) is 0.0443. The maximum atomic E-state index is 13.9. The van der Waals surface area contributed by atoms with Crippen LogP contribution in [0.4, 0.5) is 0 Å². The summed E-state index contributed by atoms with van der Waals surface area (Å²) < 4.78 is 85.8. The lowest BCUT2D eigenvalue weighted by atomic mass is 10.2. The number of ether oxygens (including phenoxy) is 15. The summed E-state index contributed by atoms with van der Waals surface area (Å²) >= 11 is 0. The second-order valence-electron chi connectivity index (χ2n) is 34.9. The van der Waals surface area contributed by atoms with Crippen LogP contribution < -0.4 is 10.6 Å². The Morgan fingerprint density at radius 1 is 0.282 bits per heavy atom. The third-order valence-electron chi connectivity index (χ3n) is 16.7. The Labute approximate surface area is 698 Å². The number of rotatable bonds is 52. The second kappa shape index (κ2) is 59.3. The van der Waals surface area contributed by atoms with Crippen molar-refractivity contribution in [3.63, 3.8) is 0 Å². The van der Waals surface area contributed by atoms with Gasteiger partial charge >= 0.3 is 41.8 Å². The predicted molar refractivity (Wildman–Crippen MR) is 439 cm³/mol. The fourth-order valence-electron chi connectivity index (χ4n) is 11.5. The molecule has 0 aromatic rings. The van der Waals surface area contributed by atoms with Gasteiger partial charge in [-0.2, -0.15) is 0 Å². The topological polar surface area (TPSA) is 366 Å². The molecule has 3 N–H and O–H groups in total. The highest BCUT2D eigenvalue weighted by Gasteiger charge is 2.30. The molecule has 0 bridgehead atoms. The van der Waals surface area contributed by atoms with Crippen molar-refractivity contribution in [1.29, 1.82) is 0 Å². The van der Waals surface area contributed by atoms with Crippen molar-refractivity contribution in [2.24, 2.45) is 0 Å². The summed E-state index contributed by atoms with van der Waals surface area (Å²) in [6.07, 6.45) is -0.0679. The third-order valence-corrected chi connectivity index (χ3v) is 16.7. The van der Waals surface area contributed by atoms with Crippen molar-refractivity contribution in [1.82, 2.24) is 54.7 Å². The fourth-order valence-corrected chi connectivity index (χ4v) is 11.5. The van der Waals surface area contributed by atoms with E-state index in [-0.39, 0.29) is 121 Å². The number of nitrogens with zero attached hydrogens (tertiary/aromatic N) is 9. The molecule has 2 rings (SSSR count). The van der Waals surface area contributed by atoms with Gasteiger partial charge in [0, 0.05) is 137 Å². The summed E-state index contributed by atoms with van der Waals surface area (Å²) in [4.78, 5) is 135. The number of esters is 6. The van der Waals surface area contributed by atoms with Crippen molar-refractivity contribution >= 4 is 53.6 Å². The average Bonchev–Trinajstić information content (AvgIpc) is 0.881. The van der Waals surface area contributed by atoms with E-state index in [0.717, 1.165) is 0 Å². The van der Waals surface area contributed by atoms with E-state index >= 15 is 0 Å². The summed E-state index contributed by atoms with van der Waals surface area (Å²) in [6.45, 7) is 47.5. The molecule has 2 amide bonds. The summed E-state index contributed by atoms with van der Waals surface area (Å²) in [6, 6.07) is 0. The van der Waals surface area contributed by atoms with Gasteiger partial charge < -0.3 is 91.7 Å². The molecule has 0 atom stereocenters. The van der Waals surface area contributed by atoms with E-state index < -0.39 is 51.5 Å². The number of amides is 2. The van der Waals surface area contributed by atoms with Crippen molar-refractivity contribution in [2.45, 2.75) is 165 Å². The zero-order valence-electron chi connectivity index (χ0n) is 74.7. The van der Waals surface area contributed by atoms with Crippen LogP contribution in [0.5, 0.6) is 0 Å². The highest BCUT2D eigenvalue weighted by atomic mass is 16.6. The molecule has 36 nitrogen and oxygen atoms in total. The number of hydrogen-bond acceptors (Lipinski definition) is 33. The fraction of sp³-hybridized carbons (Fsp3) is 0.889. The van der Waals surface area contributed by atoms with Gasteiger partial charge in [-0.25, -0.2) is 0 Å². The van der Waals surface area contributed by atoms with E-state index in [4.69, 9.17) is 76.2 Å². The lowest BCUT2D eigenvalue weighted by molar-refractivity contribution is -0.158. The molecule has 2 aliphatic rings. The van der Waals surface area contributed by atoms with Gasteiger partial charge in [-0.3, -0.25) is 82.4 Å². The maximum Gasteiger partial charge on any atom is 0.320 e. The first-order valence-corrected chi connectivity index (χ1v) is 41.6.